The smallest absolute Gasteiger partial charge is 0.230 e. The van der Waals surface area contributed by atoms with Crippen molar-refractivity contribution in [1.82, 2.24) is 25.2 Å². The van der Waals surface area contributed by atoms with E-state index < -0.39 is 0 Å². The predicted molar refractivity (Wildman–Crippen MR) is 91.0 cm³/mol. The first kappa shape index (κ1) is 17.3. The fourth-order valence-electron chi connectivity index (χ4n) is 3.15. The van der Waals surface area contributed by atoms with Crippen LogP contribution in [0.4, 0.5) is 4.39 Å². The second-order valence-electron chi connectivity index (χ2n) is 6.52. The molecule has 1 aromatic carbocycles. The first-order chi connectivity index (χ1) is 13.1. The van der Waals surface area contributed by atoms with Crippen LogP contribution in [0.3, 0.4) is 0 Å². The average molecular weight is 371 g/mol. The summed E-state index contributed by atoms with van der Waals surface area (Å²) in [6.07, 6.45) is 1.61. The zero-order valence-corrected chi connectivity index (χ0v) is 14.8. The maximum absolute atomic E-state index is 13.0. The number of nitrogens with zero attached hydrogens (tertiary/aromatic N) is 5. The fourth-order valence-corrected chi connectivity index (χ4v) is 3.15. The molecule has 1 fully saturated rings. The van der Waals surface area contributed by atoms with Crippen molar-refractivity contribution in [3.8, 4) is 11.4 Å². The van der Waals surface area contributed by atoms with Crippen LogP contribution >= 0.6 is 0 Å². The van der Waals surface area contributed by atoms with E-state index in [-0.39, 0.29) is 24.1 Å². The molecule has 9 heteroatoms. The van der Waals surface area contributed by atoms with Crippen molar-refractivity contribution < 1.29 is 18.2 Å². The zero-order valence-electron chi connectivity index (χ0n) is 14.8. The van der Waals surface area contributed by atoms with Gasteiger partial charge in [-0.15, -0.1) is 0 Å². The van der Waals surface area contributed by atoms with E-state index in [0.717, 1.165) is 12.8 Å². The number of hydrogen-bond acceptors (Lipinski definition) is 7. The maximum Gasteiger partial charge on any atom is 0.230 e. The van der Waals surface area contributed by atoms with Crippen molar-refractivity contribution in [2.75, 3.05) is 13.1 Å². The lowest BCUT2D eigenvalue weighted by atomic mass is 9.96. The topological polar surface area (TPSA) is 98.2 Å². The summed E-state index contributed by atoms with van der Waals surface area (Å²) in [6, 6.07) is 5.96. The highest BCUT2D eigenvalue weighted by atomic mass is 19.1. The van der Waals surface area contributed by atoms with Crippen LogP contribution in [-0.4, -0.2) is 44.2 Å². The summed E-state index contributed by atoms with van der Waals surface area (Å²) in [5.74, 6) is 1.61. The molecule has 1 saturated heterocycles. The number of likely N-dealkylation sites (tertiary alicyclic amines) is 1. The molecule has 0 bridgehead atoms. The van der Waals surface area contributed by atoms with Gasteiger partial charge in [0, 0.05) is 31.5 Å². The molecule has 1 aliphatic rings. The number of carbonyl (C=O) groups excluding carboxylic acids is 1. The normalized spacial score (nSPS) is 15.3. The number of aromatic nitrogens is 4. The predicted octanol–water partition coefficient (Wildman–Crippen LogP) is 2.52. The van der Waals surface area contributed by atoms with E-state index in [4.69, 9.17) is 9.05 Å². The summed E-state index contributed by atoms with van der Waals surface area (Å²) in [5, 5.41) is 7.75. The Balaban J connectivity index is 1.35. The number of halogens is 1. The third-order valence-electron chi connectivity index (χ3n) is 4.62. The first-order valence-corrected chi connectivity index (χ1v) is 8.75. The summed E-state index contributed by atoms with van der Waals surface area (Å²) < 4.78 is 23.3. The lowest BCUT2D eigenvalue weighted by Crippen LogP contribution is -2.39. The molecule has 0 aliphatic carbocycles. The molecule has 0 spiro atoms. The van der Waals surface area contributed by atoms with E-state index >= 15 is 0 Å². The molecular formula is C18H18FN5O3. The van der Waals surface area contributed by atoms with E-state index in [1.165, 1.54) is 12.1 Å². The monoisotopic (exact) mass is 371 g/mol. The van der Waals surface area contributed by atoms with Gasteiger partial charge in [0.05, 0.1) is 6.42 Å². The Morgan fingerprint density at radius 1 is 1.15 bits per heavy atom. The molecule has 2 aromatic heterocycles. The molecule has 3 heterocycles. The minimum absolute atomic E-state index is 0.0215. The number of piperidine rings is 1. The molecule has 0 saturated carbocycles. The number of hydrogen-bond donors (Lipinski definition) is 0. The van der Waals surface area contributed by atoms with Crippen molar-refractivity contribution in [3.63, 3.8) is 0 Å². The van der Waals surface area contributed by atoms with Gasteiger partial charge in [0.15, 0.2) is 5.82 Å². The Labute approximate surface area is 154 Å². The largest absolute Gasteiger partial charge is 0.342 e. The van der Waals surface area contributed by atoms with Gasteiger partial charge in [-0.25, -0.2) is 4.39 Å². The van der Waals surface area contributed by atoms with E-state index in [0.29, 0.717) is 42.1 Å². The van der Waals surface area contributed by atoms with Crippen molar-refractivity contribution in [2.24, 2.45) is 0 Å². The van der Waals surface area contributed by atoms with Gasteiger partial charge in [-0.2, -0.15) is 9.97 Å². The minimum atomic E-state index is -0.310. The molecule has 0 N–H and O–H groups in total. The second kappa shape index (κ2) is 7.26. The summed E-state index contributed by atoms with van der Waals surface area (Å²) in [7, 11) is 0. The quantitative estimate of drug-likeness (QED) is 0.695. The molecule has 8 nitrogen and oxygen atoms in total. The van der Waals surface area contributed by atoms with Crippen molar-refractivity contribution in [1.29, 1.82) is 0 Å². The summed E-state index contributed by atoms with van der Waals surface area (Å²) >= 11 is 0. The van der Waals surface area contributed by atoms with Crippen LogP contribution in [-0.2, 0) is 11.2 Å². The highest BCUT2D eigenvalue weighted by molar-refractivity contribution is 5.78. The van der Waals surface area contributed by atoms with Gasteiger partial charge >= 0.3 is 0 Å². The average Bonchev–Trinajstić information content (AvgIpc) is 3.32. The fraction of sp³-hybridized carbons (Fsp3) is 0.389. The Bertz CT molecular complexity index is 929. The third kappa shape index (κ3) is 3.86. The number of amides is 1. The first-order valence-electron chi connectivity index (χ1n) is 8.75. The third-order valence-corrected chi connectivity index (χ3v) is 4.62. The zero-order chi connectivity index (χ0) is 18.8. The van der Waals surface area contributed by atoms with E-state index in [1.807, 2.05) is 0 Å². The SMILES string of the molecule is Cc1nc(CC(=O)N2CCC(c3nc(-c4ccc(F)cc4)no3)CC2)no1. The van der Waals surface area contributed by atoms with Crippen LogP contribution in [0, 0.1) is 12.7 Å². The number of aryl methyl sites for hydroxylation is 1. The lowest BCUT2D eigenvalue weighted by molar-refractivity contribution is -0.131. The van der Waals surface area contributed by atoms with Crippen LogP contribution in [0.1, 0.15) is 36.4 Å². The van der Waals surface area contributed by atoms with Gasteiger partial charge in [-0.1, -0.05) is 10.3 Å². The molecule has 140 valence electrons. The number of carbonyl (C=O) groups is 1. The number of benzene rings is 1. The highest BCUT2D eigenvalue weighted by Gasteiger charge is 2.28. The highest BCUT2D eigenvalue weighted by Crippen LogP contribution is 2.28. The molecular weight excluding hydrogens is 353 g/mol. The van der Waals surface area contributed by atoms with Crippen LogP contribution < -0.4 is 0 Å². The summed E-state index contributed by atoms with van der Waals surface area (Å²) in [4.78, 5) is 22.7. The molecule has 1 aliphatic heterocycles. The summed E-state index contributed by atoms with van der Waals surface area (Å²) in [6.45, 7) is 2.90. The minimum Gasteiger partial charge on any atom is -0.342 e. The molecule has 3 aromatic rings. The van der Waals surface area contributed by atoms with Crippen molar-refractivity contribution in [3.05, 3.63) is 47.7 Å². The standard InChI is InChI=1S/C18H18FN5O3/c1-11-20-15(22-26-11)10-16(25)24-8-6-13(7-9-24)18-21-17(23-27-18)12-2-4-14(19)5-3-12/h2-5,13H,6-10H2,1H3. The molecule has 1 amide bonds. The summed E-state index contributed by atoms with van der Waals surface area (Å²) in [5.41, 5.74) is 0.703. The number of rotatable bonds is 4. The van der Waals surface area contributed by atoms with Gasteiger partial charge < -0.3 is 13.9 Å². The van der Waals surface area contributed by atoms with Gasteiger partial charge in [0.25, 0.3) is 0 Å². The van der Waals surface area contributed by atoms with Gasteiger partial charge in [-0.3, -0.25) is 4.79 Å². The van der Waals surface area contributed by atoms with Crippen LogP contribution in [0.25, 0.3) is 11.4 Å². The van der Waals surface area contributed by atoms with E-state index in [9.17, 15) is 9.18 Å². The second-order valence-corrected chi connectivity index (χ2v) is 6.52. The van der Waals surface area contributed by atoms with Crippen molar-refractivity contribution >= 4 is 5.91 Å². The van der Waals surface area contributed by atoms with Gasteiger partial charge in [0.1, 0.15) is 5.82 Å². The van der Waals surface area contributed by atoms with Crippen LogP contribution in [0.15, 0.2) is 33.3 Å². The van der Waals surface area contributed by atoms with Crippen LogP contribution in [0.5, 0.6) is 0 Å². The van der Waals surface area contributed by atoms with Crippen molar-refractivity contribution in [2.45, 2.75) is 32.1 Å². The van der Waals surface area contributed by atoms with E-state index in [2.05, 4.69) is 20.3 Å². The molecule has 27 heavy (non-hydrogen) atoms. The Hall–Kier alpha value is -3.10. The molecule has 0 unspecified atom stereocenters. The van der Waals surface area contributed by atoms with Crippen LogP contribution in [0.2, 0.25) is 0 Å². The Kier molecular flexibility index (Phi) is 4.66. The van der Waals surface area contributed by atoms with Gasteiger partial charge in [0.2, 0.25) is 23.5 Å². The lowest BCUT2D eigenvalue weighted by Gasteiger charge is -2.30. The van der Waals surface area contributed by atoms with E-state index in [1.54, 1.807) is 24.0 Å². The molecule has 0 radical (unpaired) electrons. The Morgan fingerprint density at radius 3 is 2.56 bits per heavy atom. The molecule has 4 rings (SSSR count). The maximum atomic E-state index is 13.0. The molecule has 0 atom stereocenters. The van der Waals surface area contributed by atoms with Gasteiger partial charge in [-0.05, 0) is 37.1 Å². The Morgan fingerprint density at radius 2 is 1.89 bits per heavy atom.